The number of phenolic OH excluding ortho intramolecular Hbond substituents is 2. The number of hydrazone groups is 1. The highest BCUT2D eigenvalue weighted by atomic mass is 79.9. The fraction of sp³-hybridized carbons (Fsp3) is 0.0417. The van der Waals surface area contributed by atoms with Gasteiger partial charge in [0.1, 0.15) is 21.7 Å². The van der Waals surface area contributed by atoms with Gasteiger partial charge in [-0.2, -0.15) is 5.10 Å². The maximum Gasteiger partial charge on any atom is 0.287 e. The van der Waals surface area contributed by atoms with Gasteiger partial charge in [-0.1, -0.05) is 48.5 Å². The van der Waals surface area contributed by atoms with Crippen LogP contribution in [-0.4, -0.2) is 28.2 Å². The van der Waals surface area contributed by atoms with Crippen LogP contribution in [0.3, 0.4) is 0 Å². The number of nitrogens with zero attached hydrogens (tertiary/aromatic N) is 1. The van der Waals surface area contributed by atoms with Gasteiger partial charge in [0.2, 0.25) is 0 Å². The molecule has 0 aromatic heterocycles. The predicted molar refractivity (Wildman–Crippen MR) is 134 cm³/mol. The Balaban J connectivity index is 1.85. The van der Waals surface area contributed by atoms with Crippen LogP contribution in [0.15, 0.2) is 80.4 Å². The lowest BCUT2D eigenvalue weighted by molar-refractivity contribution is -0.117. The molecular weight excluding hydrogens is 554 g/mol. The van der Waals surface area contributed by atoms with Gasteiger partial charge >= 0.3 is 0 Å². The lowest BCUT2D eigenvalue weighted by Crippen LogP contribution is -2.32. The fourth-order valence-electron chi connectivity index (χ4n) is 2.83. The molecule has 3 rings (SSSR count). The number of aromatic hydroxyl groups is 2. The smallest absolute Gasteiger partial charge is 0.287 e. The van der Waals surface area contributed by atoms with Crippen molar-refractivity contribution in [1.29, 1.82) is 0 Å². The first kappa shape index (κ1) is 24.2. The van der Waals surface area contributed by atoms with E-state index in [4.69, 9.17) is 0 Å². The van der Waals surface area contributed by atoms with E-state index in [1.807, 2.05) is 18.2 Å². The minimum Gasteiger partial charge on any atom is -0.506 e. The number of halogens is 2. The van der Waals surface area contributed by atoms with E-state index in [2.05, 4.69) is 47.7 Å². The number of carbonyl (C=O) groups is 2. The standard InChI is InChI=1S/C24H19Br2N3O4/c1-14-17(21(30)20(26)22(31)19(14)25)13-27-29-24(33)18(12-15-8-4-2-5-9-15)28-23(32)16-10-6-3-7-11-16/h2-13,30-31H,1H3,(H,28,32)(H,29,33)/b18-12?,27-13+. The minimum atomic E-state index is -0.659. The van der Waals surface area contributed by atoms with Crippen molar-refractivity contribution in [3.63, 3.8) is 0 Å². The number of phenols is 2. The first-order valence-electron chi connectivity index (χ1n) is 9.65. The van der Waals surface area contributed by atoms with Crippen LogP contribution in [0.1, 0.15) is 27.0 Å². The summed E-state index contributed by atoms with van der Waals surface area (Å²) in [6.45, 7) is 1.67. The quantitative estimate of drug-likeness (QED) is 0.192. The molecule has 0 aliphatic rings. The third-order valence-corrected chi connectivity index (χ3v) is 6.33. The second kappa shape index (κ2) is 10.9. The molecule has 0 saturated heterocycles. The molecule has 7 nitrogen and oxygen atoms in total. The third-order valence-electron chi connectivity index (χ3n) is 4.61. The summed E-state index contributed by atoms with van der Waals surface area (Å²) < 4.78 is 0.465. The zero-order chi connectivity index (χ0) is 24.0. The van der Waals surface area contributed by atoms with Crippen molar-refractivity contribution in [3.05, 3.63) is 97.6 Å². The Hall–Kier alpha value is -3.43. The van der Waals surface area contributed by atoms with Crippen molar-refractivity contribution in [2.24, 2.45) is 5.10 Å². The van der Waals surface area contributed by atoms with Crippen LogP contribution in [0.4, 0.5) is 0 Å². The van der Waals surface area contributed by atoms with Crippen molar-refractivity contribution < 1.29 is 19.8 Å². The Morgan fingerprint density at radius 1 is 0.909 bits per heavy atom. The number of hydrogen-bond acceptors (Lipinski definition) is 5. The Bertz CT molecular complexity index is 1210. The molecular formula is C24H19Br2N3O4. The third kappa shape index (κ3) is 5.88. The molecule has 33 heavy (non-hydrogen) atoms. The molecule has 168 valence electrons. The summed E-state index contributed by atoms with van der Waals surface area (Å²) >= 11 is 6.36. The van der Waals surface area contributed by atoms with Crippen molar-refractivity contribution in [2.75, 3.05) is 0 Å². The normalized spacial score (nSPS) is 11.4. The van der Waals surface area contributed by atoms with Crippen LogP contribution in [-0.2, 0) is 4.79 Å². The van der Waals surface area contributed by atoms with Crippen molar-refractivity contribution in [3.8, 4) is 11.5 Å². The van der Waals surface area contributed by atoms with Gasteiger partial charge in [-0.3, -0.25) is 9.59 Å². The molecule has 0 unspecified atom stereocenters. The predicted octanol–water partition coefficient (Wildman–Crippen LogP) is 4.85. The highest BCUT2D eigenvalue weighted by Crippen LogP contribution is 2.43. The van der Waals surface area contributed by atoms with E-state index in [0.717, 1.165) is 0 Å². The molecule has 0 bridgehead atoms. The number of hydrogen-bond donors (Lipinski definition) is 4. The maximum atomic E-state index is 12.8. The van der Waals surface area contributed by atoms with Gasteiger partial charge in [-0.05, 0) is 68.1 Å². The zero-order valence-corrected chi connectivity index (χ0v) is 20.5. The fourth-order valence-corrected chi connectivity index (χ4v) is 3.92. The summed E-state index contributed by atoms with van der Waals surface area (Å²) in [5.74, 6) is -1.49. The van der Waals surface area contributed by atoms with Gasteiger partial charge in [0.25, 0.3) is 11.8 Å². The Morgan fingerprint density at radius 2 is 1.52 bits per heavy atom. The zero-order valence-electron chi connectivity index (χ0n) is 17.3. The van der Waals surface area contributed by atoms with Crippen molar-refractivity contribution in [2.45, 2.75) is 6.92 Å². The van der Waals surface area contributed by atoms with E-state index in [1.54, 1.807) is 49.4 Å². The van der Waals surface area contributed by atoms with E-state index in [9.17, 15) is 19.8 Å². The SMILES string of the molecule is Cc1c(Br)c(O)c(Br)c(O)c1/C=N/NC(=O)C(=Cc1ccccc1)NC(=O)c1ccccc1. The lowest BCUT2D eigenvalue weighted by atomic mass is 10.1. The lowest BCUT2D eigenvalue weighted by Gasteiger charge is -2.11. The molecule has 0 heterocycles. The molecule has 3 aromatic rings. The minimum absolute atomic E-state index is 0.0128. The number of amides is 2. The molecule has 3 aromatic carbocycles. The molecule has 0 aliphatic heterocycles. The van der Waals surface area contributed by atoms with E-state index >= 15 is 0 Å². The maximum absolute atomic E-state index is 12.8. The monoisotopic (exact) mass is 571 g/mol. The Kier molecular flexibility index (Phi) is 8.02. The summed E-state index contributed by atoms with van der Waals surface area (Å²) in [5, 5.41) is 26.8. The van der Waals surface area contributed by atoms with Gasteiger partial charge in [0, 0.05) is 11.1 Å². The Morgan fingerprint density at radius 3 is 2.15 bits per heavy atom. The van der Waals surface area contributed by atoms with Gasteiger partial charge in [-0.25, -0.2) is 5.43 Å². The highest BCUT2D eigenvalue weighted by molar-refractivity contribution is 9.11. The van der Waals surface area contributed by atoms with E-state index < -0.39 is 11.8 Å². The topological polar surface area (TPSA) is 111 Å². The first-order chi connectivity index (χ1) is 15.8. The number of carbonyl (C=O) groups excluding carboxylic acids is 2. The average Bonchev–Trinajstić information content (AvgIpc) is 2.84. The Labute approximate surface area is 207 Å². The molecule has 0 spiro atoms. The molecule has 0 saturated carbocycles. The second-order valence-electron chi connectivity index (χ2n) is 6.85. The second-order valence-corrected chi connectivity index (χ2v) is 8.44. The summed E-state index contributed by atoms with van der Waals surface area (Å²) in [4.78, 5) is 25.4. The molecule has 2 amide bonds. The molecule has 0 fully saturated rings. The van der Waals surface area contributed by atoms with Crippen LogP contribution in [0.5, 0.6) is 11.5 Å². The summed E-state index contributed by atoms with van der Waals surface area (Å²) in [5.41, 5.74) is 4.25. The first-order valence-corrected chi connectivity index (χ1v) is 11.2. The summed E-state index contributed by atoms with van der Waals surface area (Å²) in [6.07, 6.45) is 2.78. The summed E-state index contributed by atoms with van der Waals surface area (Å²) in [7, 11) is 0. The molecule has 0 aliphatic carbocycles. The van der Waals surface area contributed by atoms with Gasteiger partial charge in [0.15, 0.2) is 0 Å². The molecule has 0 radical (unpaired) electrons. The summed E-state index contributed by atoms with van der Waals surface area (Å²) in [6, 6.07) is 17.6. The van der Waals surface area contributed by atoms with E-state index in [0.29, 0.717) is 21.2 Å². The van der Waals surface area contributed by atoms with E-state index in [-0.39, 0.29) is 27.2 Å². The number of benzene rings is 3. The highest BCUT2D eigenvalue weighted by Gasteiger charge is 2.18. The van der Waals surface area contributed by atoms with Crippen LogP contribution in [0, 0.1) is 6.92 Å². The average molecular weight is 573 g/mol. The largest absolute Gasteiger partial charge is 0.506 e. The molecule has 4 N–H and O–H groups in total. The van der Waals surface area contributed by atoms with Crippen LogP contribution in [0.2, 0.25) is 0 Å². The van der Waals surface area contributed by atoms with Crippen LogP contribution >= 0.6 is 31.9 Å². The van der Waals surface area contributed by atoms with Gasteiger partial charge in [-0.15, -0.1) is 0 Å². The van der Waals surface area contributed by atoms with Crippen LogP contribution < -0.4 is 10.7 Å². The number of nitrogens with one attached hydrogen (secondary N) is 2. The number of rotatable bonds is 6. The van der Waals surface area contributed by atoms with Crippen molar-refractivity contribution >= 4 is 56.0 Å². The molecule has 0 atom stereocenters. The van der Waals surface area contributed by atoms with Gasteiger partial charge < -0.3 is 15.5 Å². The molecule has 9 heteroatoms. The van der Waals surface area contributed by atoms with Crippen LogP contribution in [0.25, 0.3) is 6.08 Å². The van der Waals surface area contributed by atoms with Gasteiger partial charge in [0.05, 0.1) is 10.7 Å². The van der Waals surface area contributed by atoms with Crippen molar-refractivity contribution in [1.82, 2.24) is 10.7 Å². The van der Waals surface area contributed by atoms with E-state index in [1.165, 1.54) is 12.3 Å².